The highest BCUT2D eigenvalue weighted by atomic mass is 35.5. The van der Waals surface area contributed by atoms with Crippen LogP contribution in [0.15, 0.2) is 36.8 Å². The largest absolute Gasteiger partial charge is 0.339 e. The third kappa shape index (κ3) is 3.25. The molecule has 0 spiro atoms. The highest BCUT2D eigenvalue weighted by Crippen LogP contribution is 2.21. The molecule has 5 nitrogen and oxygen atoms in total. The van der Waals surface area contributed by atoms with Crippen LogP contribution < -0.4 is 5.32 Å². The van der Waals surface area contributed by atoms with Gasteiger partial charge in [-0.1, -0.05) is 23.7 Å². The number of aromatic nitrogens is 2. The fraction of sp³-hybridized carbons (Fsp3) is 0.333. The van der Waals surface area contributed by atoms with Crippen molar-refractivity contribution in [1.29, 1.82) is 0 Å². The zero-order valence-corrected chi connectivity index (χ0v) is 12.4. The summed E-state index contributed by atoms with van der Waals surface area (Å²) in [6.07, 6.45) is 3.47. The molecule has 1 aromatic heterocycles. The lowest BCUT2D eigenvalue weighted by atomic mass is 10.1. The summed E-state index contributed by atoms with van der Waals surface area (Å²) in [7, 11) is 0. The summed E-state index contributed by atoms with van der Waals surface area (Å²) in [4.78, 5) is 18.4. The van der Waals surface area contributed by atoms with Crippen molar-refractivity contribution in [3.05, 3.63) is 41.8 Å². The molecule has 1 N–H and O–H groups in total. The van der Waals surface area contributed by atoms with Gasteiger partial charge in [0.1, 0.15) is 6.54 Å². The van der Waals surface area contributed by atoms with Crippen LogP contribution in [0, 0.1) is 0 Å². The van der Waals surface area contributed by atoms with Crippen LogP contribution in [0.2, 0.25) is 5.02 Å². The van der Waals surface area contributed by atoms with Crippen LogP contribution in [0.1, 0.15) is 0 Å². The molecule has 0 unspecified atom stereocenters. The molecule has 1 saturated heterocycles. The van der Waals surface area contributed by atoms with Gasteiger partial charge in [0.15, 0.2) is 0 Å². The van der Waals surface area contributed by atoms with Crippen molar-refractivity contribution in [3.8, 4) is 11.3 Å². The van der Waals surface area contributed by atoms with E-state index >= 15 is 0 Å². The first-order valence-corrected chi connectivity index (χ1v) is 7.36. The Morgan fingerprint density at radius 2 is 1.95 bits per heavy atom. The number of halogens is 1. The molecule has 110 valence electrons. The fourth-order valence-corrected chi connectivity index (χ4v) is 2.59. The first-order chi connectivity index (χ1) is 10.2. The molecule has 3 rings (SSSR count). The highest BCUT2D eigenvalue weighted by molar-refractivity contribution is 6.30. The molecule has 1 fully saturated rings. The lowest BCUT2D eigenvalue weighted by Crippen LogP contribution is -2.47. The maximum Gasteiger partial charge on any atom is 0.242 e. The summed E-state index contributed by atoms with van der Waals surface area (Å²) in [5.41, 5.74) is 1.93. The van der Waals surface area contributed by atoms with Gasteiger partial charge in [0.05, 0.1) is 18.2 Å². The van der Waals surface area contributed by atoms with E-state index in [-0.39, 0.29) is 5.91 Å². The number of carbonyl (C=O) groups excluding carboxylic acids is 1. The summed E-state index contributed by atoms with van der Waals surface area (Å²) in [5, 5.41) is 3.94. The third-order valence-corrected chi connectivity index (χ3v) is 3.88. The summed E-state index contributed by atoms with van der Waals surface area (Å²) in [6, 6.07) is 7.55. The molecule has 6 heteroatoms. The quantitative estimate of drug-likeness (QED) is 0.938. The van der Waals surface area contributed by atoms with Crippen LogP contribution in [0.3, 0.4) is 0 Å². The zero-order chi connectivity index (χ0) is 14.7. The minimum Gasteiger partial charge on any atom is -0.339 e. The van der Waals surface area contributed by atoms with Gasteiger partial charge < -0.3 is 14.8 Å². The molecule has 1 aromatic carbocycles. The van der Waals surface area contributed by atoms with E-state index < -0.39 is 0 Å². The van der Waals surface area contributed by atoms with Gasteiger partial charge in [-0.05, 0) is 17.7 Å². The Balaban J connectivity index is 1.76. The van der Waals surface area contributed by atoms with Crippen LogP contribution in [-0.4, -0.2) is 46.5 Å². The van der Waals surface area contributed by atoms with Crippen molar-refractivity contribution in [3.63, 3.8) is 0 Å². The second-order valence-electron chi connectivity index (χ2n) is 5.04. The molecule has 0 aliphatic carbocycles. The van der Waals surface area contributed by atoms with Crippen molar-refractivity contribution in [2.75, 3.05) is 26.2 Å². The number of carbonyl (C=O) groups is 1. The average molecular weight is 305 g/mol. The van der Waals surface area contributed by atoms with E-state index in [1.165, 1.54) is 0 Å². The maximum absolute atomic E-state index is 12.3. The zero-order valence-electron chi connectivity index (χ0n) is 11.6. The smallest absolute Gasteiger partial charge is 0.242 e. The first kappa shape index (κ1) is 14.1. The number of benzene rings is 1. The second-order valence-corrected chi connectivity index (χ2v) is 5.48. The Kier molecular flexibility index (Phi) is 4.22. The minimum absolute atomic E-state index is 0.129. The Morgan fingerprint density at radius 1 is 1.24 bits per heavy atom. The lowest BCUT2D eigenvalue weighted by molar-refractivity contribution is -0.132. The van der Waals surface area contributed by atoms with E-state index in [4.69, 9.17) is 11.6 Å². The number of piperazine rings is 1. The van der Waals surface area contributed by atoms with Gasteiger partial charge in [-0.25, -0.2) is 4.98 Å². The van der Waals surface area contributed by atoms with Crippen LogP contribution in [0.25, 0.3) is 11.3 Å². The summed E-state index contributed by atoms with van der Waals surface area (Å²) in [5.74, 6) is 0.129. The van der Waals surface area contributed by atoms with Crippen molar-refractivity contribution in [1.82, 2.24) is 19.8 Å². The van der Waals surface area contributed by atoms with E-state index in [9.17, 15) is 4.79 Å². The number of rotatable bonds is 3. The Labute approximate surface area is 128 Å². The van der Waals surface area contributed by atoms with E-state index in [1.54, 1.807) is 12.5 Å². The number of nitrogens with zero attached hydrogens (tertiary/aromatic N) is 3. The van der Waals surface area contributed by atoms with Gasteiger partial charge >= 0.3 is 0 Å². The molecule has 0 saturated carbocycles. The fourth-order valence-electron chi connectivity index (χ4n) is 2.47. The maximum atomic E-state index is 12.3. The Bertz CT molecular complexity index is 617. The summed E-state index contributed by atoms with van der Waals surface area (Å²) in [6.45, 7) is 3.57. The van der Waals surface area contributed by atoms with E-state index in [0.717, 1.165) is 37.4 Å². The third-order valence-electron chi connectivity index (χ3n) is 3.63. The summed E-state index contributed by atoms with van der Waals surface area (Å²) < 4.78 is 1.88. The SMILES string of the molecule is O=C(Cn1cncc1-c1ccc(Cl)cc1)N1CCNCC1. The molecule has 0 bridgehead atoms. The summed E-state index contributed by atoms with van der Waals surface area (Å²) >= 11 is 5.91. The number of imidazole rings is 1. The monoisotopic (exact) mass is 304 g/mol. The molecule has 2 heterocycles. The molecular formula is C15H17ClN4O. The van der Waals surface area contributed by atoms with Crippen LogP contribution >= 0.6 is 11.6 Å². The molecule has 1 amide bonds. The first-order valence-electron chi connectivity index (χ1n) is 6.98. The molecule has 1 aliphatic rings. The predicted molar refractivity (Wildman–Crippen MR) is 82.1 cm³/mol. The molecule has 21 heavy (non-hydrogen) atoms. The van der Waals surface area contributed by atoms with Crippen molar-refractivity contribution >= 4 is 17.5 Å². The Morgan fingerprint density at radius 3 is 2.67 bits per heavy atom. The predicted octanol–water partition coefficient (Wildman–Crippen LogP) is 1.64. The van der Waals surface area contributed by atoms with E-state index in [2.05, 4.69) is 10.3 Å². The molecule has 0 radical (unpaired) electrons. The normalized spacial score (nSPS) is 15.2. The Hall–Kier alpha value is -1.85. The molecular weight excluding hydrogens is 288 g/mol. The van der Waals surface area contributed by atoms with Crippen LogP contribution in [-0.2, 0) is 11.3 Å². The number of hydrogen-bond acceptors (Lipinski definition) is 3. The van der Waals surface area contributed by atoms with Gasteiger partial charge in [0.2, 0.25) is 5.91 Å². The van der Waals surface area contributed by atoms with Gasteiger partial charge in [-0.15, -0.1) is 0 Å². The van der Waals surface area contributed by atoms with Crippen LogP contribution in [0.5, 0.6) is 0 Å². The standard InChI is InChI=1S/C15H17ClN4O/c16-13-3-1-12(2-4-13)14-9-18-11-20(14)10-15(21)19-7-5-17-6-8-19/h1-4,9,11,17H,5-8,10H2. The van der Waals surface area contributed by atoms with Gasteiger partial charge in [0, 0.05) is 31.2 Å². The topological polar surface area (TPSA) is 50.2 Å². The lowest BCUT2D eigenvalue weighted by Gasteiger charge is -2.27. The molecule has 0 atom stereocenters. The second kappa shape index (κ2) is 6.28. The van der Waals surface area contributed by atoms with Crippen molar-refractivity contribution < 1.29 is 4.79 Å². The molecule has 1 aliphatic heterocycles. The van der Waals surface area contributed by atoms with Gasteiger partial charge in [0.25, 0.3) is 0 Å². The van der Waals surface area contributed by atoms with Crippen molar-refractivity contribution in [2.45, 2.75) is 6.54 Å². The average Bonchev–Trinajstić information content (AvgIpc) is 2.97. The van der Waals surface area contributed by atoms with Crippen LogP contribution in [0.4, 0.5) is 0 Å². The number of amides is 1. The van der Waals surface area contributed by atoms with Crippen molar-refractivity contribution in [2.24, 2.45) is 0 Å². The van der Waals surface area contributed by atoms with E-state index in [0.29, 0.717) is 11.6 Å². The number of hydrogen-bond donors (Lipinski definition) is 1. The highest BCUT2D eigenvalue weighted by Gasteiger charge is 2.17. The van der Waals surface area contributed by atoms with E-state index in [1.807, 2.05) is 33.7 Å². The van der Waals surface area contributed by atoms with Gasteiger partial charge in [-0.2, -0.15) is 0 Å². The van der Waals surface area contributed by atoms with Gasteiger partial charge in [-0.3, -0.25) is 4.79 Å². The number of nitrogens with one attached hydrogen (secondary N) is 1. The minimum atomic E-state index is 0.129. The molecule has 2 aromatic rings.